The minimum atomic E-state index is -0.355. The van der Waals surface area contributed by atoms with Gasteiger partial charge >= 0.3 is 6.09 Å². The van der Waals surface area contributed by atoms with Crippen molar-refractivity contribution in [3.63, 3.8) is 0 Å². The molecule has 0 aromatic heterocycles. The lowest BCUT2D eigenvalue weighted by atomic mass is 10.1. The van der Waals surface area contributed by atoms with Crippen LogP contribution >= 0.6 is 0 Å². The van der Waals surface area contributed by atoms with Crippen LogP contribution in [0.3, 0.4) is 0 Å². The van der Waals surface area contributed by atoms with Crippen LogP contribution in [-0.4, -0.2) is 13.2 Å². The van der Waals surface area contributed by atoms with E-state index in [1.165, 1.54) is 18.2 Å². The van der Waals surface area contributed by atoms with Gasteiger partial charge in [0.15, 0.2) is 0 Å². The van der Waals surface area contributed by atoms with Gasteiger partial charge in [-0.2, -0.15) is 0 Å². The summed E-state index contributed by atoms with van der Waals surface area (Å²) in [5.41, 5.74) is 2.55. The van der Waals surface area contributed by atoms with Crippen LogP contribution in [0.15, 0.2) is 24.3 Å². The molecule has 1 aromatic carbocycles. The van der Waals surface area contributed by atoms with Crippen molar-refractivity contribution in [1.82, 2.24) is 5.32 Å². The van der Waals surface area contributed by atoms with E-state index in [1.54, 1.807) is 0 Å². The number of nitrogens with one attached hydrogen (secondary N) is 1. The van der Waals surface area contributed by atoms with Crippen molar-refractivity contribution in [2.45, 2.75) is 18.9 Å². The van der Waals surface area contributed by atoms with Gasteiger partial charge in [-0.25, -0.2) is 4.79 Å². The molecule has 0 fully saturated rings. The predicted octanol–water partition coefficient (Wildman–Crippen LogP) is 2.03. The molecular weight excluding hydrogens is 178 g/mol. The molecule has 0 aliphatic heterocycles. The van der Waals surface area contributed by atoms with Gasteiger partial charge in [0.05, 0.1) is 13.2 Å². The number of fused-ring (bicyclic) bond motifs is 1. The molecule has 1 aliphatic carbocycles. The van der Waals surface area contributed by atoms with Gasteiger partial charge in [0, 0.05) is 0 Å². The molecule has 1 N–H and O–H groups in total. The van der Waals surface area contributed by atoms with E-state index in [0.29, 0.717) is 0 Å². The number of methoxy groups -OCH3 is 1. The molecule has 3 heteroatoms. The molecule has 0 spiro atoms. The zero-order valence-corrected chi connectivity index (χ0v) is 8.12. The van der Waals surface area contributed by atoms with Crippen molar-refractivity contribution < 1.29 is 9.53 Å². The van der Waals surface area contributed by atoms with E-state index in [0.717, 1.165) is 12.8 Å². The van der Waals surface area contributed by atoms with Crippen molar-refractivity contribution in [2.24, 2.45) is 0 Å². The summed E-state index contributed by atoms with van der Waals surface area (Å²) in [7, 11) is 1.39. The highest BCUT2D eigenvalue weighted by Gasteiger charge is 2.23. The average molecular weight is 191 g/mol. The Kier molecular flexibility index (Phi) is 2.39. The molecule has 3 nitrogen and oxygen atoms in total. The van der Waals surface area contributed by atoms with Gasteiger partial charge in [0.25, 0.3) is 0 Å². The van der Waals surface area contributed by atoms with Crippen LogP contribution in [0.25, 0.3) is 0 Å². The molecule has 0 bridgehead atoms. The van der Waals surface area contributed by atoms with Gasteiger partial charge in [-0.05, 0) is 24.0 Å². The molecule has 0 saturated carbocycles. The van der Waals surface area contributed by atoms with Crippen LogP contribution in [0.4, 0.5) is 4.79 Å². The van der Waals surface area contributed by atoms with Gasteiger partial charge in [-0.1, -0.05) is 24.3 Å². The van der Waals surface area contributed by atoms with Crippen LogP contribution in [0.1, 0.15) is 23.6 Å². The first kappa shape index (κ1) is 9.06. The van der Waals surface area contributed by atoms with Crippen molar-refractivity contribution in [3.8, 4) is 0 Å². The Morgan fingerprint density at radius 3 is 3.07 bits per heavy atom. The molecule has 0 saturated heterocycles. The molecular formula is C11H13NO2. The summed E-state index contributed by atoms with van der Waals surface area (Å²) in [5.74, 6) is 0. The lowest BCUT2D eigenvalue weighted by Gasteiger charge is -2.12. The van der Waals surface area contributed by atoms with Gasteiger partial charge in [-0.3, -0.25) is 0 Å². The highest BCUT2D eigenvalue weighted by molar-refractivity contribution is 5.68. The van der Waals surface area contributed by atoms with Crippen LogP contribution < -0.4 is 5.32 Å². The fraction of sp³-hybridized carbons (Fsp3) is 0.364. The van der Waals surface area contributed by atoms with Gasteiger partial charge in [0.1, 0.15) is 0 Å². The van der Waals surface area contributed by atoms with Crippen LogP contribution in [0.2, 0.25) is 0 Å². The van der Waals surface area contributed by atoms with E-state index in [-0.39, 0.29) is 12.1 Å². The number of rotatable bonds is 1. The first-order chi connectivity index (χ1) is 6.81. The normalized spacial score (nSPS) is 18.8. The molecule has 1 aromatic rings. The number of carbonyl (C=O) groups is 1. The Hall–Kier alpha value is -1.51. The molecule has 1 atom stereocenters. The van der Waals surface area contributed by atoms with Crippen molar-refractivity contribution >= 4 is 6.09 Å². The molecule has 1 amide bonds. The summed E-state index contributed by atoms with van der Waals surface area (Å²) < 4.78 is 4.58. The highest BCUT2D eigenvalue weighted by Crippen LogP contribution is 2.30. The number of alkyl carbamates (subject to hydrolysis) is 1. The number of ether oxygens (including phenoxy) is 1. The van der Waals surface area contributed by atoms with E-state index in [4.69, 9.17) is 0 Å². The second-order valence-electron chi connectivity index (χ2n) is 3.43. The maximum absolute atomic E-state index is 11.0. The number of hydrogen-bond acceptors (Lipinski definition) is 2. The topological polar surface area (TPSA) is 38.3 Å². The molecule has 1 aliphatic rings. The van der Waals surface area contributed by atoms with Crippen LogP contribution in [-0.2, 0) is 11.2 Å². The molecule has 2 rings (SSSR count). The first-order valence-electron chi connectivity index (χ1n) is 4.73. The summed E-state index contributed by atoms with van der Waals surface area (Å²) in [4.78, 5) is 11.0. The van der Waals surface area contributed by atoms with Gasteiger partial charge < -0.3 is 10.1 Å². The third-order valence-corrected chi connectivity index (χ3v) is 2.61. The first-order valence-corrected chi connectivity index (χ1v) is 4.73. The maximum Gasteiger partial charge on any atom is 0.407 e. The molecule has 74 valence electrons. The predicted molar refractivity (Wildman–Crippen MR) is 53.0 cm³/mol. The fourth-order valence-electron chi connectivity index (χ4n) is 1.91. The van der Waals surface area contributed by atoms with Crippen molar-refractivity contribution in [2.75, 3.05) is 7.11 Å². The minimum Gasteiger partial charge on any atom is -0.453 e. The van der Waals surface area contributed by atoms with E-state index in [9.17, 15) is 4.79 Å². The van der Waals surface area contributed by atoms with E-state index >= 15 is 0 Å². The minimum absolute atomic E-state index is 0.124. The van der Waals surface area contributed by atoms with Crippen LogP contribution in [0.5, 0.6) is 0 Å². The number of hydrogen-bond donors (Lipinski definition) is 1. The largest absolute Gasteiger partial charge is 0.453 e. The van der Waals surface area contributed by atoms with E-state index in [1.807, 2.05) is 12.1 Å². The number of amides is 1. The molecule has 14 heavy (non-hydrogen) atoms. The SMILES string of the molecule is COC(=O)NC1CCc2ccccc21. The van der Waals surface area contributed by atoms with Crippen molar-refractivity contribution in [3.05, 3.63) is 35.4 Å². The maximum atomic E-state index is 11.0. The summed E-state index contributed by atoms with van der Waals surface area (Å²) in [5, 5.41) is 2.82. The second-order valence-corrected chi connectivity index (χ2v) is 3.43. The third kappa shape index (κ3) is 1.58. The number of benzene rings is 1. The summed E-state index contributed by atoms with van der Waals surface area (Å²) >= 11 is 0. The lowest BCUT2D eigenvalue weighted by Crippen LogP contribution is -2.26. The molecule has 1 unspecified atom stereocenters. The zero-order chi connectivity index (χ0) is 9.97. The molecule has 0 heterocycles. The Balaban J connectivity index is 2.14. The summed E-state index contributed by atoms with van der Waals surface area (Å²) in [6.07, 6.45) is 1.64. The lowest BCUT2D eigenvalue weighted by molar-refractivity contribution is 0.166. The summed E-state index contributed by atoms with van der Waals surface area (Å²) in [6.45, 7) is 0. The Morgan fingerprint density at radius 1 is 1.50 bits per heavy atom. The van der Waals surface area contributed by atoms with E-state index < -0.39 is 0 Å². The molecule has 0 radical (unpaired) electrons. The Bertz CT molecular complexity index is 349. The second kappa shape index (κ2) is 3.70. The Morgan fingerprint density at radius 2 is 2.29 bits per heavy atom. The monoisotopic (exact) mass is 191 g/mol. The van der Waals surface area contributed by atoms with Gasteiger partial charge in [0.2, 0.25) is 0 Å². The summed E-state index contributed by atoms with van der Waals surface area (Å²) in [6, 6.07) is 8.31. The van der Waals surface area contributed by atoms with Gasteiger partial charge in [-0.15, -0.1) is 0 Å². The third-order valence-electron chi connectivity index (χ3n) is 2.61. The Labute approximate surface area is 83.1 Å². The zero-order valence-electron chi connectivity index (χ0n) is 8.12. The quantitative estimate of drug-likeness (QED) is 0.737. The fourth-order valence-corrected chi connectivity index (χ4v) is 1.91. The highest BCUT2D eigenvalue weighted by atomic mass is 16.5. The van der Waals surface area contributed by atoms with E-state index in [2.05, 4.69) is 22.2 Å². The van der Waals surface area contributed by atoms with Crippen molar-refractivity contribution in [1.29, 1.82) is 0 Å². The van der Waals surface area contributed by atoms with Crippen LogP contribution in [0, 0.1) is 0 Å². The standard InChI is InChI=1S/C11H13NO2/c1-14-11(13)12-10-7-6-8-4-2-3-5-9(8)10/h2-5,10H,6-7H2,1H3,(H,12,13). The number of aryl methyl sites for hydroxylation is 1. The smallest absolute Gasteiger partial charge is 0.407 e. The average Bonchev–Trinajstić information content (AvgIpc) is 2.62. The number of carbonyl (C=O) groups excluding carboxylic acids is 1.